The van der Waals surface area contributed by atoms with E-state index in [1.54, 1.807) is 0 Å². The summed E-state index contributed by atoms with van der Waals surface area (Å²) in [5.74, 6) is -0.961. The van der Waals surface area contributed by atoms with Crippen LogP contribution < -0.4 is 5.32 Å². The lowest BCUT2D eigenvalue weighted by atomic mass is 9.74. The molecule has 2 rings (SSSR count). The molecule has 5 nitrogen and oxygen atoms in total. The molecular formula is C20H29NO4. The maximum atomic E-state index is 12.5. The zero-order valence-corrected chi connectivity index (χ0v) is 15.2. The number of benzene rings is 1. The van der Waals surface area contributed by atoms with Gasteiger partial charge in [0.2, 0.25) is 5.91 Å². The first-order valence-electron chi connectivity index (χ1n) is 8.99. The van der Waals surface area contributed by atoms with Gasteiger partial charge in [-0.05, 0) is 32.3 Å². The van der Waals surface area contributed by atoms with Gasteiger partial charge in [0.05, 0.1) is 24.0 Å². The zero-order valence-electron chi connectivity index (χ0n) is 15.2. The highest BCUT2D eigenvalue weighted by molar-refractivity contribution is 5.83. The largest absolute Gasteiger partial charge is 0.481 e. The molecule has 1 fully saturated rings. The van der Waals surface area contributed by atoms with Crippen molar-refractivity contribution in [2.75, 3.05) is 13.2 Å². The Labute approximate surface area is 149 Å². The Morgan fingerprint density at radius 1 is 1.16 bits per heavy atom. The highest BCUT2D eigenvalue weighted by atomic mass is 16.5. The molecule has 5 heteroatoms. The van der Waals surface area contributed by atoms with Crippen LogP contribution in [0.4, 0.5) is 0 Å². The number of carbonyl (C=O) groups excluding carboxylic acids is 1. The minimum Gasteiger partial charge on any atom is -0.481 e. The topological polar surface area (TPSA) is 75.6 Å². The molecule has 1 saturated carbocycles. The first-order valence-corrected chi connectivity index (χ1v) is 8.99. The van der Waals surface area contributed by atoms with E-state index in [9.17, 15) is 14.7 Å². The molecule has 138 valence electrons. The molecular weight excluding hydrogens is 318 g/mol. The molecule has 2 N–H and O–H groups in total. The summed E-state index contributed by atoms with van der Waals surface area (Å²) in [6.07, 6.45) is 4.15. The number of ether oxygens (including phenoxy) is 1. The van der Waals surface area contributed by atoms with Crippen molar-refractivity contribution < 1.29 is 19.4 Å². The lowest BCUT2D eigenvalue weighted by molar-refractivity contribution is -0.151. The van der Waals surface area contributed by atoms with E-state index < -0.39 is 16.8 Å². The summed E-state index contributed by atoms with van der Waals surface area (Å²) in [4.78, 5) is 24.2. The first-order chi connectivity index (χ1) is 11.9. The normalized spacial score (nSPS) is 17.0. The van der Waals surface area contributed by atoms with Gasteiger partial charge < -0.3 is 15.2 Å². The van der Waals surface area contributed by atoms with Crippen LogP contribution in [0.5, 0.6) is 0 Å². The molecule has 0 unspecified atom stereocenters. The number of aliphatic carboxylic acids is 1. The highest BCUT2D eigenvalue weighted by Gasteiger charge is 2.41. The Morgan fingerprint density at radius 2 is 1.80 bits per heavy atom. The molecule has 0 radical (unpaired) electrons. The summed E-state index contributed by atoms with van der Waals surface area (Å²) in [6, 6.07) is 9.81. The minimum atomic E-state index is -0.811. The number of rotatable bonds is 8. The molecule has 1 amide bonds. The molecule has 25 heavy (non-hydrogen) atoms. The number of carboxylic acid groups (broad SMARTS) is 1. The lowest BCUT2D eigenvalue weighted by Gasteiger charge is -2.34. The van der Waals surface area contributed by atoms with Crippen molar-refractivity contribution in [1.82, 2.24) is 5.32 Å². The predicted octanol–water partition coefficient (Wildman–Crippen LogP) is 3.38. The van der Waals surface area contributed by atoms with Gasteiger partial charge in [-0.2, -0.15) is 0 Å². The van der Waals surface area contributed by atoms with Gasteiger partial charge >= 0.3 is 5.97 Å². The number of nitrogens with one attached hydrogen (secondary N) is 1. The van der Waals surface area contributed by atoms with Crippen molar-refractivity contribution in [2.24, 2.45) is 10.8 Å². The number of hydrogen-bond donors (Lipinski definition) is 2. The van der Waals surface area contributed by atoms with Gasteiger partial charge in [-0.15, -0.1) is 0 Å². The van der Waals surface area contributed by atoms with Crippen LogP contribution in [0.15, 0.2) is 30.3 Å². The number of amides is 1. The third-order valence-corrected chi connectivity index (χ3v) is 5.04. The van der Waals surface area contributed by atoms with Crippen LogP contribution in [0.1, 0.15) is 51.5 Å². The van der Waals surface area contributed by atoms with Crippen LogP contribution in [-0.4, -0.2) is 30.1 Å². The summed E-state index contributed by atoms with van der Waals surface area (Å²) in [7, 11) is 0. The summed E-state index contributed by atoms with van der Waals surface area (Å²) < 4.78 is 5.69. The molecule has 0 bridgehead atoms. The second kappa shape index (κ2) is 8.48. The van der Waals surface area contributed by atoms with Crippen molar-refractivity contribution in [3.63, 3.8) is 0 Å². The molecule has 0 spiro atoms. The summed E-state index contributed by atoms with van der Waals surface area (Å²) >= 11 is 0. The average molecular weight is 347 g/mol. The van der Waals surface area contributed by atoms with Crippen LogP contribution in [0.3, 0.4) is 0 Å². The number of carbonyl (C=O) groups is 2. The molecule has 0 heterocycles. The Bertz CT molecular complexity index is 577. The minimum absolute atomic E-state index is 0.160. The third kappa shape index (κ3) is 5.30. The molecule has 0 saturated heterocycles. The van der Waals surface area contributed by atoms with Crippen LogP contribution in [-0.2, 0) is 20.9 Å². The van der Waals surface area contributed by atoms with Crippen molar-refractivity contribution in [1.29, 1.82) is 0 Å². The molecule has 1 aromatic carbocycles. The van der Waals surface area contributed by atoms with Gasteiger partial charge in [-0.1, -0.05) is 49.6 Å². The van der Waals surface area contributed by atoms with Gasteiger partial charge in [0, 0.05) is 6.54 Å². The Balaban J connectivity index is 1.84. The van der Waals surface area contributed by atoms with E-state index in [1.807, 2.05) is 44.2 Å². The second-order valence-electron chi connectivity index (χ2n) is 7.69. The Kier molecular flexibility index (Phi) is 6.59. The number of carboxylic acids is 1. The fourth-order valence-electron chi connectivity index (χ4n) is 3.25. The second-order valence-corrected chi connectivity index (χ2v) is 7.69. The fraction of sp³-hybridized carbons (Fsp3) is 0.600. The van der Waals surface area contributed by atoms with Gasteiger partial charge in [0.25, 0.3) is 0 Å². The third-order valence-electron chi connectivity index (χ3n) is 5.04. The fourth-order valence-corrected chi connectivity index (χ4v) is 3.25. The van der Waals surface area contributed by atoms with E-state index >= 15 is 0 Å². The SMILES string of the molecule is CC(C)(COCc1ccccc1)C(=O)NCC1(C(=O)O)CCCCC1. The molecule has 0 atom stereocenters. The molecule has 0 aromatic heterocycles. The van der Waals surface area contributed by atoms with E-state index in [1.165, 1.54) is 0 Å². The average Bonchev–Trinajstić information content (AvgIpc) is 2.61. The van der Waals surface area contributed by atoms with Gasteiger partial charge in [-0.25, -0.2) is 0 Å². The lowest BCUT2D eigenvalue weighted by Crippen LogP contribution is -2.48. The Morgan fingerprint density at radius 3 is 2.40 bits per heavy atom. The standard InChI is InChI=1S/C20H29NO4/c1-19(2,15-25-13-16-9-5-3-6-10-16)17(22)21-14-20(18(23)24)11-7-4-8-12-20/h3,5-6,9-10H,4,7-8,11-15H2,1-2H3,(H,21,22)(H,23,24). The Hall–Kier alpha value is -1.88. The molecule has 1 aliphatic rings. The molecule has 0 aliphatic heterocycles. The monoisotopic (exact) mass is 347 g/mol. The van der Waals surface area contributed by atoms with Gasteiger partial charge in [-0.3, -0.25) is 9.59 Å². The van der Waals surface area contributed by atoms with E-state index in [0.29, 0.717) is 19.4 Å². The van der Waals surface area contributed by atoms with Crippen LogP contribution in [0.25, 0.3) is 0 Å². The summed E-state index contributed by atoms with van der Waals surface area (Å²) in [6.45, 7) is 4.58. The highest BCUT2D eigenvalue weighted by Crippen LogP contribution is 2.36. The van der Waals surface area contributed by atoms with E-state index in [0.717, 1.165) is 24.8 Å². The van der Waals surface area contributed by atoms with Crippen LogP contribution in [0, 0.1) is 10.8 Å². The predicted molar refractivity (Wildman–Crippen MR) is 96.0 cm³/mol. The van der Waals surface area contributed by atoms with Gasteiger partial charge in [0.15, 0.2) is 0 Å². The smallest absolute Gasteiger partial charge is 0.311 e. The van der Waals surface area contributed by atoms with Crippen molar-refractivity contribution in [3.8, 4) is 0 Å². The zero-order chi connectivity index (χ0) is 18.3. The summed E-state index contributed by atoms with van der Waals surface area (Å²) in [5, 5.41) is 12.5. The maximum absolute atomic E-state index is 12.5. The summed E-state index contributed by atoms with van der Waals surface area (Å²) in [5.41, 5.74) is -0.455. The first kappa shape index (κ1) is 19.4. The molecule has 1 aliphatic carbocycles. The van der Waals surface area contributed by atoms with Crippen molar-refractivity contribution in [3.05, 3.63) is 35.9 Å². The van der Waals surface area contributed by atoms with Crippen molar-refractivity contribution >= 4 is 11.9 Å². The maximum Gasteiger partial charge on any atom is 0.311 e. The van der Waals surface area contributed by atoms with Crippen molar-refractivity contribution in [2.45, 2.75) is 52.6 Å². The quantitative estimate of drug-likeness (QED) is 0.756. The van der Waals surface area contributed by atoms with E-state index in [2.05, 4.69) is 5.32 Å². The van der Waals surface area contributed by atoms with Gasteiger partial charge in [0.1, 0.15) is 0 Å². The molecule has 1 aromatic rings. The van der Waals surface area contributed by atoms with Crippen LogP contribution >= 0.6 is 0 Å². The number of hydrogen-bond acceptors (Lipinski definition) is 3. The van der Waals surface area contributed by atoms with Crippen LogP contribution in [0.2, 0.25) is 0 Å². The van der Waals surface area contributed by atoms with E-state index in [-0.39, 0.29) is 19.1 Å². The van der Waals surface area contributed by atoms with E-state index in [4.69, 9.17) is 4.74 Å².